The fourth-order valence-electron chi connectivity index (χ4n) is 2.29. The molecule has 2 aromatic rings. The molecule has 0 radical (unpaired) electrons. The minimum atomic E-state index is 0.135. The number of thiazole rings is 1. The first kappa shape index (κ1) is 13.6. The molecule has 2 aromatic heterocycles. The molecule has 0 bridgehead atoms. The van der Waals surface area contributed by atoms with Crippen LogP contribution in [0.4, 0.5) is 0 Å². The largest absolute Gasteiger partial charge is 0.330 e. The van der Waals surface area contributed by atoms with Crippen molar-refractivity contribution in [2.24, 2.45) is 5.73 Å². The van der Waals surface area contributed by atoms with Crippen molar-refractivity contribution in [1.29, 1.82) is 0 Å². The van der Waals surface area contributed by atoms with E-state index in [0.717, 1.165) is 11.4 Å². The molecule has 0 unspecified atom stereocenters. The van der Waals surface area contributed by atoms with Crippen LogP contribution in [0.15, 0.2) is 5.38 Å². The monoisotopic (exact) mass is 265 g/mol. The smallest absolute Gasteiger partial charge is 0.194 e. The summed E-state index contributed by atoms with van der Waals surface area (Å²) in [6, 6.07) is 0. The first-order valence-corrected chi connectivity index (χ1v) is 7.43. The standard InChI is InChI=1S/C14H23N3S/c1-9(2)12-10(6-7-15)17-11(14(3,4)5)8-18-13(17)16-12/h8-9H,6-7,15H2,1-5H3. The van der Waals surface area contributed by atoms with E-state index >= 15 is 0 Å². The highest BCUT2D eigenvalue weighted by molar-refractivity contribution is 7.15. The Kier molecular flexibility index (Phi) is 3.52. The van der Waals surface area contributed by atoms with Crippen LogP contribution in [0, 0.1) is 0 Å². The Hall–Kier alpha value is -0.870. The molecule has 0 fully saturated rings. The molecule has 18 heavy (non-hydrogen) atoms. The summed E-state index contributed by atoms with van der Waals surface area (Å²) < 4.78 is 2.33. The molecular formula is C14H23N3S. The van der Waals surface area contributed by atoms with E-state index in [2.05, 4.69) is 44.4 Å². The highest BCUT2D eigenvalue weighted by Crippen LogP contribution is 2.32. The molecule has 4 heteroatoms. The minimum absolute atomic E-state index is 0.135. The predicted molar refractivity (Wildman–Crippen MR) is 78.6 cm³/mol. The Balaban J connectivity index is 2.70. The first-order valence-electron chi connectivity index (χ1n) is 6.55. The second-order valence-electron chi connectivity index (χ2n) is 6.13. The third-order valence-electron chi connectivity index (χ3n) is 3.19. The van der Waals surface area contributed by atoms with Gasteiger partial charge in [0.2, 0.25) is 0 Å². The molecular weight excluding hydrogens is 242 g/mol. The number of imidazole rings is 1. The van der Waals surface area contributed by atoms with E-state index in [1.54, 1.807) is 11.3 Å². The molecule has 0 aromatic carbocycles. The highest BCUT2D eigenvalue weighted by Gasteiger charge is 2.24. The van der Waals surface area contributed by atoms with Gasteiger partial charge in [0.1, 0.15) is 0 Å². The predicted octanol–water partition coefficient (Wildman–Crippen LogP) is 3.32. The molecule has 2 heterocycles. The Morgan fingerprint density at radius 2 is 2.06 bits per heavy atom. The Labute approximate surface area is 113 Å². The van der Waals surface area contributed by atoms with Gasteiger partial charge in [0, 0.05) is 28.6 Å². The summed E-state index contributed by atoms with van der Waals surface area (Å²) in [5.41, 5.74) is 9.75. The maximum atomic E-state index is 5.77. The lowest BCUT2D eigenvalue weighted by atomic mass is 9.93. The lowest BCUT2D eigenvalue weighted by Gasteiger charge is -2.19. The summed E-state index contributed by atoms with van der Waals surface area (Å²) in [5, 5.41) is 2.23. The van der Waals surface area contributed by atoms with Crippen molar-refractivity contribution in [3.05, 3.63) is 22.5 Å². The number of nitrogens with two attached hydrogens (primary N) is 1. The Bertz CT molecular complexity index is 543. The van der Waals surface area contributed by atoms with Gasteiger partial charge < -0.3 is 5.73 Å². The summed E-state index contributed by atoms with van der Waals surface area (Å²) in [4.78, 5) is 5.89. The molecule has 0 aliphatic carbocycles. The van der Waals surface area contributed by atoms with Gasteiger partial charge in [0.15, 0.2) is 4.96 Å². The van der Waals surface area contributed by atoms with Gasteiger partial charge in [-0.2, -0.15) is 0 Å². The molecule has 3 nitrogen and oxygen atoms in total. The van der Waals surface area contributed by atoms with Gasteiger partial charge in [0.05, 0.1) is 5.69 Å². The quantitative estimate of drug-likeness (QED) is 0.925. The van der Waals surface area contributed by atoms with E-state index in [4.69, 9.17) is 10.7 Å². The van der Waals surface area contributed by atoms with Crippen LogP contribution < -0.4 is 5.73 Å². The number of rotatable bonds is 3. The topological polar surface area (TPSA) is 43.3 Å². The Morgan fingerprint density at radius 1 is 1.39 bits per heavy atom. The van der Waals surface area contributed by atoms with Gasteiger partial charge in [0.25, 0.3) is 0 Å². The van der Waals surface area contributed by atoms with Crippen LogP contribution in [0.3, 0.4) is 0 Å². The number of fused-ring (bicyclic) bond motifs is 1. The van der Waals surface area contributed by atoms with E-state index < -0.39 is 0 Å². The van der Waals surface area contributed by atoms with Crippen molar-refractivity contribution in [3.8, 4) is 0 Å². The maximum absolute atomic E-state index is 5.77. The van der Waals surface area contributed by atoms with Gasteiger partial charge >= 0.3 is 0 Å². The van der Waals surface area contributed by atoms with Crippen molar-refractivity contribution in [1.82, 2.24) is 9.38 Å². The molecule has 0 aliphatic heterocycles. The first-order chi connectivity index (χ1) is 8.36. The van der Waals surface area contributed by atoms with Crippen LogP contribution in [0.2, 0.25) is 0 Å². The zero-order valence-corrected chi connectivity index (χ0v) is 12.8. The van der Waals surface area contributed by atoms with Crippen LogP contribution in [-0.2, 0) is 11.8 Å². The molecule has 0 saturated carbocycles. The van der Waals surface area contributed by atoms with Crippen molar-refractivity contribution in [2.75, 3.05) is 6.54 Å². The summed E-state index contributed by atoms with van der Waals surface area (Å²) in [6.45, 7) is 11.8. The fraction of sp³-hybridized carbons (Fsp3) is 0.643. The van der Waals surface area contributed by atoms with Crippen molar-refractivity contribution < 1.29 is 0 Å². The number of aromatic nitrogens is 2. The number of hydrogen-bond acceptors (Lipinski definition) is 3. The lowest BCUT2D eigenvalue weighted by molar-refractivity contribution is 0.560. The van der Waals surface area contributed by atoms with E-state index in [1.807, 2.05) is 0 Å². The summed E-state index contributed by atoms with van der Waals surface area (Å²) >= 11 is 1.73. The molecule has 0 saturated heterocycles. The van der Waals surface area contributed by atoms with Crippen LogP contribution in [0.25, 0.3) is 4.96 Å². The van der Waals surface area contributed by atoms with Gasteiger partial charge in [-0.05, 0) is 12.5 Å². The van der Waals surface area contributed by atoms with Gasteiger partial charge in [-0.1, -0.05) is 34.6 Å². The minimum Gasteiger partial charge on any atom is -0.330 e. The Morgan fingerprint density at radius 3 is 2.56 bits per heavy atom. The average molecular weight is 265 g/mol. The van der Waals surface area contributed by atoms with Gasteiger partial charge in [-0.25, -0.2) is 4.98 Å². The molecule has 0 amide bonds. The van der Waals surface area contributed by atoms with Crippen LogP contribution in [0.5, 0.6) is 0 Å². The fourth-order valence-corrected chi connectivity index (χ4v) is 3.43. The SMILES string of the molecule is CC(C)c1nc2scc(C(C)(C)C)n2c1CCN. The van der Waals surface area contributed by atoms with Crippen molar-refractivity contribution in [2.45, 2.75) is 52.4 Å². The maximum Gasteiger partial charge on any atom is 0.194 e. The van der Waals surface area contributed by atoms with E-state index in [1.165, 1.54) is 17.1 Å². The molecule has 2 N–H and O–H groups in total. The zero-order chi connectivity index (χ0) is 13.5. The highest BCUT2D eigenvalue weighted by atomic mass is 32.1. The summed E-state index contributed by atoms with van der Waals surface area (Å²) in [7, 11) is 0. The van der Waals surface area contributed by atoms with Crippen LogP contribution in [-0.4, -0.2) is 15.9 Å². The summed E-state index contributed by atoms with van der Waals surface area (Å²) in [5.74, 6) is 0.450. The number of nitrogens with zero attached hydrogens (tertiary/aromatic N) is 2. The lowest BCUT2D eigenvalue weighted by Crippen LogP contribution is -2.16. The molecule has 2 rings (SSSR count). The van der Waals surface area contributed by atoms with E-state index in [9.17, 15) is 0 Å². The second-order valence-corrected chi connectivity index (χ2v) is 6.96. The third-order valence-corrected chi connectivity index (χ3v) is 4.01. The summed E-state index contributed by atoms with van der Waals surface area (Å²) in [6.07, 6.45) is 0.897. The third kappa shape index (κ3) is 2.19. The normalized spacial score (nSPS) is 12.8. The van der Waals surface area contributed by atoms with Gasteiger partial charge in [-0.15, -0.1) is 11.3 Å². The van der Waals surface area contributed by atoms with Gasteiger partial charge in [-0.3, -0.25) is 4.40 Å². The molecule has 0 atom stereocenters. The van der Waals surface area contributed by atoms with Crippen molar-refractivity contribution >= 4 is 16.3 Å². The van der Waals surface area contributed by atoms with E-state index in [0.29, 0.717) is 12.5 Å². The van der Waals surface area contributed by atoms with E-state index in [-0.39, 0.29) is 5.41 Å². The van der Waals surface area contributed by atoms with Crippen LogP contribution >= 0.6 is 11.3 Å². The molecule has 0 spiro atoms. The van der Waals surface area contributed by atoms with Crippen molar-refractivity contribution in [3.63, 3.8) is 0 Å². The zero-order valence-electron chi connectivity index (χ0n) is 11.9. The molecule has 0 aliphatic rings. The molecule has 100 valence electrons. The second kappa shape index (κ2) is 4.67. The average Bonchev–Trinajstić information content (AvgIpc) is 2.77. The number of hydrogen-bond donors (Lipinski definition) is 1. The van der Waals surface area contributed by atoms with Crippen LogP contribution in [0.1, 0.15) is 57.6 Å².